The highest BCUT2D eigenvalue weighted by Crippen LogP contribution is 2.50. The lowest BCUT2D eigenvalue weighted by molar-refractivity contribution is -0.164. The third kappa shape index (κ3) is 8.87. The summed E-state index contributed by atoms with van der Waals surface area (Å²) in [5, 5.41) is 41.7. The van der Waals surface area contributed by atoms with E-state index in [0.717, 1.165) is 25.7 Å². The highest BCUT2D eigenvalue weighted by molar-refractivity contribution is 5.80. The number of carbonyl (C=O) groups excluding carboxylic acids is 2. The molecule has 6 unspecified atom stereocenters. The Kier molecular flexibility index (Phi) is 12.8. The summed E-state index contributed by atoms with van der Waals surface area (Å²) in [7, 11) is 0. The fraction of sp³-hybridized carbons (Fsp3) is 0.867. The van der Waals surface area contributed by atoms with E-state index >= 15 is 0 Å². The second-order valence-corrected chi connectivity index (χ2v) is 13.3. The normalized spacial score (nSPS) is 27.1. The van der Waals surface area contributed by atoms with Gasteiger partial charge in [0.15, 0.2) is 0 Å². The topological polar surface area (TPSA) is 183 Å². The summed E-state index contributed by atoms with van der Waals surface area (Å²) in [6.07, 6.45) is 4.20. The molecular formula is C30H52N2O10. The predicted molar refractivity (Wildman–Crippen MR) is 153 cm³/mol. The van der Waals surface area contributed by atoms with Crippen LogP contribution in [0.5, 0.6) is 0 Å². The number of rotatable bonds is 14. The van der Waals surface area contributed by atoms with Crippen molar-refractivity contribution in [3.8, 4) is 0 Å². The van der Waals surface area contributed by atoms with Crippen molar-refractivity contribution in [3.63, 3.8) is 0 Å². The summed E-state index contributed by atoms with van der Waals surface area (Å²) in [4.78, 5) is 47.9. The lowest BCUT2D eigenvalue weighted by Gasteiger charge is -2.35. The molecule has 242 valence electrons. The Morgan fingerprint density at radius 1 is 0.929 bits per heavy atom. The molecule has 2 saturated carbocycles. The number of carbonyl (C=O) groups is 4. The standard InChI is InChI=1S/C17H29NO5.C13H23NO5/c1-4-16(2,3)15(22)23-10-13(19)9-18-17(14(20)21)8-11-5-6-12(17)7-11;1-4-13(2,3)12(18)19-8-10(15)14-7-5-6-9(14)11(16)17/h11-13,18-19H,4-10H2,1-3H3,(H,20,21);9-10,15H,4-8H2,1-3H3,(H,16,17). The van der Waals surface area contributed by atoms with E-state index < -0.39 is 46.7 Å². The van der Waals surface area contributed by atoms with E-state index in [1.165, 1.54) is 4.90 Å². The molecule has 0 aromatic heterocycles. The molecule has 3 rings (SSSR count). The zero-order valence-electron chi connectivity index (χ0n) is 26.1. The summed E-state index contributed by atoms with van der Waals surface area (Å²) in [5.74, 6) is -1.88. The molecule has 0 aromatic rings. The molecule has 0 radical (unpaired) electrons. The number of nitrogens with zero attached hydrogens (tertiary/aromatic N) is 1. The van der Waals surface area contributed by atoms with Gasteiger partial charge in [-0.25, -0.2) is 0 Å². The summed E-state index contributed by atoms with van der Waals surface area (Å²) in [5.41, 5.74) is -2.08. The van der Waals surface area contributed by atoms with Gasteiger partial charge < -0.3 is 29.9 Å². The first-order chi connectivity index (χ1) is 19.5. The number of esters is 2. The maximum atomic E-state index is 11.9. The van der Waals surface area contributed by atoms with E-state index in [4.69, 9.17) is 14.6 Å². The molecule has 3 fully saturated rings. The third-order valence-electron chi connectivity index (χ3n) is 9.49. The molecule has 2 bridgehead atoms. The van der Waals surface area contributed by atoms with Crippen LogP contribution in [0.4, 0.5) is 0 Å². The number of aliphatic carboxylic acids is 2. The highest BCUT2D eigenvalue weighted by Gasteiger charge is 2.55. The van der Waals surface area contributed by atoms with Crippen molar-refractivity contribution in [2.24, 2.45) is 22.7 Å². The molecule has 0 aromatic carbocycles. The van der Waals surface area contributed by atoms with Gasteiger partial charge in [-0.05, 0) is 84.5 Å². The Balaban J connectivity index is 0.000000299. The molecule has 12 nitrogen and oxygen atoms in total. The number of fused-ring (bicyclic) bond motifs is 2. The summed E-state index contributed by atoms with van der Waals surface area (Å²) in [6.45, 7) is 11.3. The van der Waals surface area contributed by atoms with E-state index in [1.807, 2.05) is 13.8 Å². The van der Waals surface area contributed by atoms with Crippen LogP contribution in [0, 0.1) is 22.7 Å². The lowest BCUT2D eigenvalue weighted by Crippen LogP contribution is -2.57. The van der Waals surface area contributed by atoms with E-state index in [-0.39, 0.29) is 37.6 Å². The van der Waals surface area contributed by atoms with Crippen LogP contribution in [0.1, 0.15) is 92.9 Å². The third-order valence-corrected chi connectivity index (χ3v) is 9.49. The van der Waals surface area contributed by atoms with Gasteiger partial charge in [0.05, 0.1) is 10.8 Å². The fourth-order valence-corrected chi connectivity index (χ4v) is 5.75. The molecule has 6 atom stereocenters. The van der Waals surface area contributed by atoms with Crippen LogP contribution in [-0.4, -0.2) is 99.4 Å². The van der Waals surface area contributed by atoms with Gasteiger partial charge in [-0.2, -0.15) is 0 Å². The minimum atomic E-state index is -1.06. The number of aliphatic hydroxyl groups excluding tert-OH is 2. The van der Waals surface area contributed by atoms with Gasteiger partial charge in [0.25, 0.3) is 0 Å². The molecule has 42 heavy (non-hydrogen) atoms. The van der Waals surface area contributed by atoms with E-state index in [0.29, 0.717) is 38.1 Å². The van der Waals surface area contributed by atoms with Crippen molar-refractivity contribution < 1.29 is 49.1 Å². The Bertz CT molecular complexity index is 954. The SMILES string of the molecule is CCC(C)(C)C(=O)OCC(O)CNC1(C(=O)O)CC2CCC1C2.CCC(C)(C)C(=O)OCC(O)N1CCCC1C(=O)O. The number of β-amino-alcohol motifs (C(OH)–C–C–N with tert-alkyl or cyclic N) is 1. The van der Waals surface area contributed by atoms with Gasteiger partial charge in [0.2, 0.25) is 0 Å². The van der Waals surface area contributed by atoms with Crippen LogP contribution in [0.25, 0.3) is 0 Å². The highest BCUT2D eigenvalue weighted by atomic mass is 16.5. The van der Waals surface area contributed by atoms with Crippen molar-refractivity contribution in [1.82, 2.24) is 10.2 Å². The smallest absolute Gasteiger partial charge is 0.324 e. The van der Waals surface area contributed by atoms with Crippen molar-refractivity contribution in [1.29, 1.82) is 0 Å². The fourth-order valence-electron chi connectivity index (χ4n) is 5.75. The zero-order chi connectivity index (χ0) is 31.9. The quantitative estimate of drug-likeness (QED) is 0.184. The molecule has 1 saturated heterocycles. The molecule has 0 spiro atoms. The minimum Gasteiger partial charge on any atom is -0.480 e. The molecule has 1 aliphatic heterocycles. The molecule has 5 N–H and O–H groups in total. The van der Waals surface area contributed by atoms with Crippen molar-refractivity contribution in [3.05, 3.63) is 0 Å². The number of carboxylic acid groups (broad SMARTS) is 2. The first kappa shape index (κ1) is 35.9. The van der Waals surface area contributed by atoms with E-state index in [1.54, 1.807) is 27.7 Å². The van der Waals surface area contributed by atoms with Gasteiger partial charge >= 0.3 is 23.9 Å². The van der Waals surface area contributed by atoms with Crippen LogP contribution in [0.3, 0.4) is 0 Å². The average molecular weight is 601 g/mol. The number of ether oxygens (including phenoxy) is 2. The minimum absolute atomic E-state index is 0.112. The van der Waals surface area contributed by atoms with Gasteiger partial charge in [0.1, 0.15) is 37.1 Å². The second kappa shape index (κ2) is 14.9. The van der Waals surface area contributed by atoms with E-state index in [9.17, 15) is 34.5 Å². The molecule has 3 aliphatic rings. The van der Waals surface area contributed by atoms with Crippen LogP contribution in [0.15, 0.2) is 0 Å². The van der Waals surface area contributed by atoms with Gasteiger partial charge in [-0.3, -0.25) is 29.4 Å². The largest absolute Gasteiger partial charge is 0.480 e. The summed E-state index contributed by atoms with van der Waals surface area (Å²) < 4.78 is 10.2. The number of carboxylic acids is 2. The molecular weight excluding hydrogens is 548 g/mol. The van der Waals surface area contributed by atoms with Crippen LogP contribution in [0.2, 0.25) is 0 Å². The monoisotopic (exact) mass is 600 g/mol. The van der Waals surface area contributed by atoms with Crippen molar-refractivity contribution >= 4 is 23.9 Å². The Morgan fingerprint density at radius 3 is 1.95 bits per heavy atom. The number of likely N-dealkylation sites (tertiary alicyclic amines) is 1. The van der Waals surface area contributed by atoms with Crippen molar-refractivity contribution in [2.75, 3.05) is 26.3 Å². The Morgan fingerprint density at radius 2 is 1.50 bits per heavy atom. The second-order valence-electron chi connectivity index (χ2n) is 13.3. The van der Waals surface area contributed by atoms with Gasteiger partial charge in [0, 0.05) is 13.1 Å². The molecule has 1 heterocycles. The lowest BCUT2D eigenvalue weighted by atomic mass is 9.81. The van der Waals surface area contributed by atoms with Crippen LogP contribution < -0.4 is 5.32 Å². The number of hydrogen-bond donors (Lipinski definition) is 5. The Labute approximate surface area is 249 Å². The summed E-state index contributed by atoms with van der Waals surface area (Å²) >= 11 is 0. The van der Waals surface area contributed by atoms with Crippen molar-refractivity contribution in [2.45, 2.75) is 117 Å². The number of hydrogen-bond acceptors (Lipinski definition) is 10. The molecule has 2 aliphatic carbocycles. The number of aliphatic hydroxyl groups is 2. The number of nitrogens with one attached hydrogen (secondary N) is 1. The molecule has 0 amide bonds. The van der Waals surface area contributed by atoms with Crippen LogP contribution in [-0.2, 0) is 28.7 Å². The maximum absolute atomic E-state index is 11.9. The summed E-state index contributed by atoms with van der Waals surface area (Å²) in [6, 6.07) is -0.687. The van der Waals surface area contributed by atoms with Gasteiger partial charge in [-0.15, -0.1) is 0 Å². The Hall–Kier alpha value is -2.28. The predicted octanol–water partition coefficient (Wildman–Crippen LogP) is 2.39. The van der Waals surface area contributed by atoms with Gasteiger partial charge in [-0.1, -0.05) is 20.3 Å². The zero-order valence-corrected chi connectivity index (χ0v) is 26.1. The van der Waals surface area contributed by atoms with E-state index in [2.05, 4.69) is 5.32 Å². The van der Waals surface area contributed by atoms with Crippen LogP contribution >= 0.6 is 0 Å². The first-order valence-electron chi connectivity index (χ1n) is 15.2. The first-order valence-corrected chi connectivity index (χ1v) is 15.2. The maximum Gasteiger partial charge on any atom is 0.324 e. The molecule has 12 heteroatoms. The average Bonchev–Trinajstić information content (AvgIpc) is 3.70.